The van der Waals surface area contributed by atoms with Gasteiger partial charge in [-0.1, -0.05) is 121 Å². The van der Waals surface area contributed by atoms with Crippen molar-refractivity contribution >= 4 is 11.9 Å². The summed E-state index contributed by atoms with van der Waals surface area (Å²) in [7, 11) is 8.70. The van der Waals surface area contributed by atoms with Crippen molar-refractivity contribution in [1.82, 2.24) is 14.7 Å². The van der Waals surface area contributed by atoms with Crippen molar-refractivity contribution in [3.63, 3.8) is 0 Å². The van der Waals surface area contributed by atoms with E-state index < -0.39 is 0 Å². The molecule has 2 aliphatic heterocycles. The van der Waals surface area contributed by atoms with Crippen molar-refractivity contribution in [2.45, 2.75) is 24.2 Å². The first-order chi connectivity index (χ1) is 19.1. The van der Waals surface area contributed by atoms with Gasteiger partial charge in [-0.2, -0.15) is 0 Å². The van der Waals surface area contributed by atoms with E-state index in [1.165, 1.54) is 22.3 Å². The Morgan fingerprint density at radius 1 is 0.487 bits per heavy atom. The van der Waals surface area contributed by atoms with Crippen molar-refractivity contribution in [3.8, 4) is 0 Å². The molecule has 0 spiro atoms. The van der Waals surface area contributed by atoms with Crippen LogP contribution in [0.1, 0.15) is 46.4 Å². The summed E-state index contributed by atoms with van der Waals surface area (Å²) in [4.78, 5) is 12.5. The Balaban J connectivity index is 1.47. The molecule has 2 heterocycles. The second-order valence-electron chi connectivity index (χ2n) is 10.6. The van der Waals surface area contributed by atoms with E-state index in [0.29, 0.717) is 0 Å². The molecule has 0 aromatic heterocycles. The highest BCUT2D eigenvalue weighted by Crippen LogP contribution is 2.44. The first kappa shape index (κ1) is 24.9. The summed E-state index contributed by atoms with van der Waals surface area (Å²) in [5.41, 5.74) is 5.14. The lowest BCUT2D eigenvalue weighted by atomic mass is 9.93. The van der Waals surface area contributed by atoms with E-state index in [-0.39, 0.29) is 24.2 Å². The van der Waals surface area contributed by atoms with Crippen molar-refractivity contribution in [1.29, 1.82) is 0 Å². The summed E-state index contributed by atoms with van der Waals surface area (Å²) in [5, 5.41) is 0. The van der Waals surface area contributed by atoms with Gasteiger partial charge in [0.1, 0.15) is 12.1 Å². The van der Waals surface area contributed by atoms with Crippen molar-refractivity contribution in [3.05, 3.63) is 144 Å². The summed E-state index contributed by atoms with van der Waals surface area (Å²) in [6.45, 7) is 0. The molecule has 0 N–H and O–H groups in total. The van der Waals surface area contributed by atoms with Gasteiger partial charge in [0.05, 0.1) is 26.2 Å². The Hall–Kier alpha value is -4.38. The fourth-order valence-corrected chi connectivity index (χ4v) is 6.47. The van der Waals surface area contributed by atoms with Gasteiger partial charge in [0.15, 0.2) is 0 Å². The van der Waals surface area contributed by atoms with Gasteiger partial charge in [-0.05, 0) is 27.2 Å². The molecule has 1 saturated heterocycles. The molecule has 0 amide bonds. The SMILES string of the molecule is CN1C(=NC2=[N+](C)[C@@H](c3ccccc3)[C@H](c3ccccc3)N2C)N(C)[C@@H](c2ccccc2)[C@@H]1c1ccccc1. The lowest BCUT2D eigenvalue weighted by Crippen LogP contribution is -2.34. The van der Waals surface area contributed by atoms with Crippen LogP contribution >= 0.6 is 0 Å². The lowest BCUT2D eigenvalue weighted by Gasteiger charge is -2.26. The Kier molecular flexibility index (Phi) is 6.65. The number of likely N-dealkylation sites (N-methyl/N-ethyl adjacent to an activating group) is 4. The molecule has 1 fully saturated rings. The van der Waals surface area contributed by atoms with Gasteiger partial charge in [-0.15, -0.1) is 0 Å². The third-order valence-corrected chi connectivity index (χ3v) is 8.29. The molecule has 0 saturated carbocycles. The fourth-order valence-electron chi connectivity index (χ4n) is 6.47. The highest BCUT2D eigenvalue weighted by molar-refractivity contribution is 5.95. The number of guanidine groups is 2. The second kappa shape index (κ2) is 10.4. The average molecular weight is 515 g/mol. The maximum atomic E-state index is 5.44. The molecule has 0 unspecified atom stereocenters. The highest BCUT2D eigenvalue weighted by Gasteiger charge is 2.49. The minimum Gasteiger partial charge on any atom is -0.322 e. The molecule has 4 aromatic rings. The first-order valence-corrected chi connectivity index (χ1v) is 13.6. The van der Waals surface area contributed by atoms with Gasteiger partial charge in [0.25, 0.3) is 5.96 Å². The van der Waals surface area contributed by atoms with Crippen LogP contribution in [-0.4, -0.2) is 59.4 Å². The summed E-state index contributed by atoms with van der Waals surface area (Å²) >= 11 is 0. The molecule has 5 heteroatoms. The van der Waals surface area contributed by atoms with Crippen molar-refractivity contribution in [2.75, 3.05) is 28.2 Å². The number of hydrogen-bond acceptors (Lipinski definition) is 2. The molecule has 39 heavy (non-hydrogen) atoms. The van der Waals surface area contributed by atoms with E-state index in [9.17, 15) is 0 Å². The van der Waals surface area contributed by atoms with Gasteiger partial charge in [-0.25, -0.2) is 0 Å². The minimum atomic E-state index is 0.143. The van der Waals surface area contributed by atoms with Crippen LogP contribution in [0, 0.1) is 0 Å². The quantitative estimate of drug-likeness (QED) is 0.307. The summed E-state index contributed by atoms with van der Waals surface area (Å²) < 4.78 is 2.34. The van der Waals surface area contributed by atoms with Crippen LogP contribution in [0.3, 0.4) is 0 Å². The Morgan fingerprint density at radius 3 is 1.26 bits per heavy atom. The minimum absolute atomic E-state index is 0.143. The molecule has 5 nitrogen and oxygen atoms in total. The van der Waals surface area contributed by atoms with Gasteiger partial charge < -0.3 is 9.80 Å². The van der Waals surface area contributed by atoms with Crippen molar-refractivity contribution < 1.29 is 4.58 Å². The first-order valence-electron chi connectivity index (χ1n) is 13.6. The topological polar surface area (TPSA) is 25.1 Å². The van der Waals surface area contributed by atoms with E-state index in [4.69, 9.17) is 4.99 Å². The summed E-state index contributed by atoms with van der Waals surface area (Å²) in [6, 6.07) is 43.8. The summed E-state index contributed by atoms with van der Waals surface area (Å²) in [6.07, 6.45) is 0. The number of aliphatic imine (C=N–C) groups is 1. The van der Waals surface area contributed by atoms with Gasteiger partial charge >= 0.3 is 5.96 Å². The van der Waals surface area contributed by atoms with Crippen LogP contribution in [-0.2, 0) is 0 Å². The van der Waals surface area contributed by atoms with Gasteiger partial charge in [-0.3, -0.25) is 9.48 Å². The lowest BCUT2D eigenvalue weighted by molar-refractivity contribution is -0.539. The molecule has 0 aliphatic carbocycles. The maximum absolute atomic E-state index is 5.44. The van der Waals surface area contributed by atoms with Gasteiger partial charge in [0, 0.05) is 14.1 Å². The summed E-state index contributed by atoms with van der Waals surface area (Å²) in [5.74, 6) is 1.93. The number of hydrogen-bond donors (Lipinski definition) is 0. The molecule has 4 atom stereocenters. The molecule has 196 valence electrons. The van der Waals surface area contributed by atoms with Gasteiger partial charge in [0.2, 0.25) is 0 Å². The monoisotopic (exact) mass is 514 g/mol. The number of nitrogens with zero attached hydrogens (tertiary/aromatic N) is 5. The van der Waals surface area contributed by atoms with Crippen LogP contribution < -0.4 is 0 Å². The largest absolute Gasteiger partial charge is 0.393 e. The molecule has 2 aliphatic rings. The van der Waals surface area contributed by atoms with Crippen molar-refractivity contribution in [2.24, 2.45) is 4.99 Å². The standard InChI is InChI=1S/C34H36N5/c1-36-29(25-17-9-5-10-18-25)30(26-19-11-6-12-20-26)37(2)33(36)35-34-38(3)31(27-21-13-7-14-22-27)32(39(34)4)28-23-15-8-16-24-28/h5-24,29-32H,1-4H3/q+1/t29-,30-,31-,32-/m0/s1. The fraction of sp³-hybridized carbons (Fsp3) is 0.235. The normalized spacial score (nSPS) is 23.1. The maximum Gasteiger partial charge on any atom is 0.393 e. The highest BCUT2D eigenvalue weighted by atomic mass is 15.5. The smallest absolute Gasteiger partial charge is 0.322 e. The predicted octanol–water partition coefficient (Wildman–Crippen LogP) is 6.13. The number of rotatable bonds is 4. The molecule has 4 aromatic carbocycles. The third-order valence-electron chi connectivity index (χ3n) is 8.29. The van der Waals surface area contributed by atoms with E-state index in [2.05, 4.69) is 169 Å². The third kappa shape index (κ3) is 4.38. The molecule has 0 radical (unpaired) electrons. The second-order valence-corrected chi connectivity index (χ2v) is 10.6. The van der Waals surface area contributed by atoms with Crippen LogP contribution in [0.15, 0.2) is 126 Å². The Labute approximate surface area is 232 Å². The zero-order valence-corrected chi connectivity index (χ0v) is 23.1. The molecular weight excluding hydrogens is 478 g/mol. The van der Waals surface area contributed by atoms with E-state index in [1.54, 1.807) is 0 Å². The van der Waals surface area contributed by atoms with Crippen LogP contribution in [0.4, 0.5) is 0 Å². The zero-order chi connectivity index (χ0) is 26.9. The Morgan fingerprint density at radius 2 is 0.846 bits per heavy atom. The van der Waals surface area contributed by atoms with Crippen LogP contribution in [0.25, 0.3) is 0 Å². The van der Waals surface area contributed by atoms with E-state index in [0.717, 1.165) is 11.9 Å². The number of benzene rings is 4. The van der Waals surface area contributed by atoms with Crippen LogP contribution in [0.2, 0.25) is 0 Å². The molecule has 0 bridgehead atoms. The predicted molar refractivity (Wildman–Crippen MR) is 159 cm³/mol. The van der Waals surface area contributed by atoms with E-state index in [1.807, 2.05) is 0 Å². The molecular formula is C34H36N5+. The Bertz CT molecular complexity index is 1410. The zero-order valence-electron chi connectivity index (χ0n) is 23.1. The molecule has 6 rings (SSSR count). The average Bonchev–Trinajstić information content (AvgIpc) is 3.39. The van der Waals surface area contributed by atoms with E-state index >= 15 is 0 Å². The van der Waals surface area contributed by atoms with Crippen LogP contribution in [0.5, 0.6) is 0 Å².